The van der Waals surface area contributed by atoms with Crippen molar-refractivity contribution in [3.8, 4) is 0 Å². The minimum Gasteiger partial charge on any atom is -0.361 e. The van der Waals surface area contributed by atoms with Gasteiger partial charge in [0.15, 0.2) is 5.69 Å². The molecule has 0 aromatic carbocycles. The predicted octanol–water partition coefficient (Wildman–Crippen LogP) is 0.636. The van der Waals surface area contributed by atoms with E-state index in [4.69, 9.17) is 4.52 Å². The van der Waals surface area contributed by atoms with Crippen molar-refractivity contribution in [3.63, 3.8) is 0 Å². The second kappa shape index (κ2) is 3.95. The van der Waals surface area contributed by atoms with Crippen molar-refractivity contribution in [3.05, 3.63) is 35.7 Å². The van der Waals surface area contributed by atoms with Gasteiger partial charge in [-0.2, -0.15) is 0 Å². The van der Waals surface area contributed by atoms with E-state index in [1.807, 2.05) is 0 Å². The van der Waals surface area contributed by atoms with Crippen molar-refractivity contribution >= 4 is 5.91 Å². The van der Waals surface area contributed by atoms with Gasteiger partial charge in [-0.05, 0) is 6.92 Å². The van der Waals surface area contributed by atoms with Gasteiger partial charge in [0.25, 0.3) is 5.91 Å². The van der Waals surface area contributed by atoms with Gasteiger partial charge in [0.2, 0.25) is 0 Å². The Labute approximate surface area is 85.7 Å². The molecule has 0 aliphatic carbocycles. The maximum absolute atomic E-state index is 11.5. The lowest BCUT2D eigenvalue weighted by atomic mass is 10.3. The van der Waals surface area contributed by atoms with Crippen molar-refractivity contribution in [2.24, 2.45) is 0 Å². The highest BCUT2D eigenvalue weighted by Crippen LogP contribution is 2.01. The monoisotopic (exact) mass is 206 g/mol. The molecular formula is C9H10N4O2. The molecule has 78 valence electrons. The van der Waals surface area contributed by atoms with Crippen molar-refractivity contribution in [2.75, 3.05) is 0 Å². The molecule has 2 aromatic rings. The summed E-state index contributed by atoms with van der Waals surface area (Å²) in [6.07, 6.45) is 3.20. The number of rotatable bonds is 3. The highest BCUT2D eigenvalue weighted by atomic mass is 16.5. The Bertz CT molecular complexity index is 446. The normalized spacial score (nSPS) is 10.2. The van der Waals surface area contributed by atoms with Gasteiger partial charge in [-0.3, -0.25) is 4.79 Å². The standard InChI is InChI=1S/C9H10N4O2/c1-6-2-8(13-15-6)9(14)11-4-7-3-10-5-12-7/h2-3,5H,4H2,1H3,(H,10,12)(H,11,14). The first-order chi connectivity index (χ1) is 7.25. The fourth-order valence-corrected chi connectivity index (χ4v) is 1.12. The van der Waals surface area contributed by atoms with E-state index in [1.54, 1.807) is 25.5 Å². The first-order valence-corrected chi connectivity index (χ1v) is 4.44. The van der Waals surface area contributed by atoms with E-state index >= 15 is 0 Å². The Balaban J connectivity index is 1.93. The van der Waals surface area contributed by atoms with Crippen LogP contribution in [0.25, 0.3) is 0 Å². The topological polar surface area (TPSA) is 83.8 Å². The molecule has 0 saturated heterocycles. The molecule has 15 heavy (non-hydrogen) atoms. The summed E-state index contributed by atoms with van der Waals surface area (Å²) in [4.78, 5) is 18.2. The predicted molar refractivity (Wildman–Crippen MR) is 51.0 cm³/mol. The molecule has 0 radical (unpaired) electrons. The summed E-state index contributed by atoms with van der Waals surface area (Å²) in [5, 5.41) is 6.28. The Hall–Kier alpha value is -2.11. The van der Waals surface area contributed by atoms with E-state index in [2.05, 4.69) is 20.4 Å². The zero-order chi connectivity index (χ0) is 10.7. The van der Waals surface area contributed by atoms with E-state index in [9.17, 15) is 4.79 Å². The summed E-state index contributed by atoms with van der Waals surface area (Å²) in [6, 6.07) is 1.59. The Morgan fingerprint density at radius 1 is 1.67 bits per heavy atom. The lowest BCUT2D eigenvalue weighted by Crippen LogP contribution is -2.23. The number of H-pyrrole nitrogens is 1. The largest absolute Gasteiger partial charge is 0.361 e. The molecule has 0 saturated carbocycles. The lowest BCUT2D eigenvalue weighted by Gasteiger charge is -1.98. The van der Waals surface area contributed by atoms with Crippen molar-refractivity contribution in [2.45, 2.75) is 13.5 Å². The number of nitrogens with one attached hydrogen (secondary N) is 2. The highest BCUT2D eigenvalue weighted by Gasteiger charge is 2.10. The SMILES string of the molecule is Cc1cc(C(=O)NCc2cnc[nH]2)no1. The van der Waals surface area contributed by atoms with Crippen LogP contribution in [0.1, 0.15) is 21.9 Å². The summed E-state index contributed by atoms with van der Waals surface area (Å²) in [5.41, 5.74) is 1.12. The molecule has 2 heterocycles. The van der Waals surface area contributed by atoms with Gasteiger partial charge < -0.3 is 14.8 Å². The average molecular weight is 206 g/mol. The Morgan fingerprint density at radius 2 is 2.53 bits per heavy atom. The van der Waals surface area contributed by atoms with Crippen LogP contribution in [0.2, 0.25) is 0 Å². The van der Waals surface area contributed by atoms with E-state index < -0.39 is 0 Å². The zero-order valence-corrected chi connectivity index (χ0v) is 8.15. The van der Waals surface area contributed by atoms with Crippen LogP contribution in [0.5, 0.6) is 0 Å². The Kier molecular flexibility index (Phi) is 2.49. The van der Waals surface area contributed by atoms with Crippen LogP contribution in [0, 0.1) is 6.92 Å². The van der Waals surface area contributed by atoms with Crippen LogP contribution in [0.15, 0.2) is 23.1 Å². The fraction of sp³-hybridized carbons (Fsp3) is 0.222. The number of amides is 1. The van der Waals surface area contributed by atoms with Crippen LogP contribution >= 0.6 is 0 Å². The molecule has 1 amide bonds. The maximum Gasteiger partial charge on any atom is 0.273 e. The van der Waals surface area contributed by atoms with Crippen LogP contribution in [0.3, 0.4) is 0 Å². The van der Waals surface area contributed by atoms with Crippen LogP contribution in [0.4, 0.5) is 0 Å². The molecule has 0 spiro atoms. The second-order valence-corrected chi connectivity index (χ2v) is 3.08. The number of hydrogen-bond donors (Lipinski definition) is 2. The maximum atomic E-state index is 11.5. The summed E-state index contributed by atoms with van der Waals surface area (Å²) in [7, 11) is 0. The van der Waals surface area contributed by atoms with E-state index in [1.165, 1.54) is 0 Å². The van der Waals surface area contributed by atoms with Gasteiger partial charge in [0, 0.05) is 12.3 Å². The molecule has 0 aliphatic heterocycles. The average Bonchev–Trinajstić information content (AvgIpc) is 2.84. The third kappa shape index (κ3) is 2.22. The molecule has 2 N–H and O–H groups in total. The van der Waals surface area contributed by atoms with Gasteiger partial charge in [-0.1, -0.05) is 5.16 Å². The molecule has 2 rings (SSSR count). The minimum absolute atomic E-state index is 0.263. The summed E-state index contributed by atoms with van der Waals surface area (Å²) >= 11 is 0. The Morgan fingerprint density at radius 3 is 3.13 bits per heavy atom. The van der Waals surface area contributed by atoms with Gasteiger partial charge >= 0.3 is 0 Å². The van der Waals surface area contributed by atoms with Gasteiger partial charge in [-0.25, -0.2) is 4.98 Å². The zero-order valence-electron chi connectivity index (χ0n) is 8.15. The van der Waals surface area contributed by atoms with Gasteiger partial charge in [0.05, 0.1) is 18.6 Å². The quantitative estimate of drug-likeness (QED) is 0.771. The van der Waals surface area contributed by atoms with Gasteiger partial charge in [0.1, 0.15) is 5.76 Å². The summed E-state index contributed by atoms with van der Waals surface area (Å²) < 4.78 is 4.79. The molecule has 6 heteroatoms. The smallest absolute Gasteiger partial charge is 0.273 e. The van der Waals surface area contributed by atoms with E-state index in [-0.39, 0.29) is 11.6 Å². The first kappa shape index (κ1) is 9.45. The molecular weight excluding hydrogens is 196 g/mol. The molecule has 6 nitrogen and oxygen atoms in total. The third-order valence-corrected chi connectivity index (χ3v) is 1.85. The summed E-state index contributed by atoms with van der Waals surface area (Å²) in [5.74, 6) is 0.350. The highest BCUT2D eigenvalue weighted by molar-refractivity contribution is 5.92. The molecule has 0 unspecified atom stereocenters. The fourth-order valence-electron chi connectivity index (χ4n) is 1.12. The number of carbonyl (C=O) groups is 1. The van der Waals surface area contributed by atoms with Crippen molar-refractivity contribution < 1.29 is 9.32 Å². The number of aromatic amines is 1. The first-order valence-electron chi connectivity index (χ1n) is 4.44. The van der Waals surface area contributed by atoms with E-state index in [0.717, 1.165) is 5.69 Å². The second-order valence-electron chi connectivity index (χ2n) is 3.08. The summed E-state index contributed by atoms with van der Waals surface area (Å²) in [6.45, 7) is 2.13. The van der Waals surface area contributed by atoms with Crippen molar-refractivity contribution in [1.29, 1.82) is 0 Å². The molecule has 2 aromatic heterocycles. The molecule has 0 atom stereocenters. The third-order valence-electron chi connectivity index (χ3n) is 1.85. The van der Waals surface area contributed by atoms with Crippen molar-refractivity contribution in [1.82, 2.24) is 20.4 Å². The van der Waals surface area contributed by atoms with Crippen LogP contribution in [-0.4, -0.2) is 21.0 Å². The minimum atomic E-state index is -0.263. The number of aryl methyl sites for hydroxylation is 1. The van der Waals surface area contributed by atoms with Crippen LogP contribution in [-0.2, 0) is 6.54 Å². The lowest BCUT2D eigenvalue weighted by molar-refractivity contribution is 0.0941. The number of carbonyl (C=O) groups excluding carboxylic acids is 1. The molecule has 0 aliphatic rings. The number of nitrogens with zero attached hydrogens (tertiary/aromatic N) is 2. The van der Waals surface area contributed by atoms with Gasteiger partial charge in [-0.15, -0.1) is 0 Å². The number of imidazole rings is 1. The number of aromatic nitrogens is 3. The van der Waals surface area contributed by atoms with Crippen LogP contribution < -0.4 is 5.32 Å². The number of hydrogen-bond acceptors (Lipinski definition) is 4. The molecule has 0 bridgehead atoms. The molecule has 0 fully saturated rings. The van der Waals surface area contributed by atoms with E-state index in [0.29, 0.717) is 12.3 Å².